The number of halogens is 1. The second-order valence-corrected chi connectivity index (χ2v) is 4.37. The molecule has 0 unspecified atom stereocenters. The Morgan fingerprint density at radius 1 is 1.33 bits per heavy atom. The highest BCUT2D eigenvalue weighted by atomic mass is 79.9. The standard InChI is InChI=1S/C14H9BrN2O/c1-2-10-5-3-6-11(9-10)17-14(18)13-12(15)7-4-8-16-13/h1,3-9H,(H,17,18). The van der Waals surface area contributed by atoms with Gasteiger partial charge in [0.2, 0.25) is 0 Å². The number of hydrogen-bond donors (Lipinski definition) is 1. The quantitative estimate of drug-likeness (QED) is 0.866. The van der Waals surface area contributed by atoms with Crippen LogP contribution in [0.2, 0.25) is 0 Å². The van der Waals surface area contributed by atoms with Crippen LogP contribution in [0.15, 0.2) is 47.1 Å². The van der Waals surface area contributed by atoms with E-state index in [9.17, 15) is 4.79 Å². The van der Waals surface area contributed by atoms with E-state index in [1.54, 1.807) is 42.6 Å². The molecule has 0 aliphatic carbocycles. The molecule has 1 aromatic heterocycles. The summed E-state index contributed by atoms with van der Waals surface area (Å²) in [6.07, 6.45) is 6.87. The lowest BCUT2D eigenvalue weighted by Crippen LogP contribution is -2.14. The lowest BCUT2D eigenvalue weighted by molar-refractivity contribution is 0.102. The third-order valence-electron chi connectivity index (χ3n) is 2.26. The SMILES string of the molecule is C#Cc1cccc(NC(=O)c2ncccc2Br)c1. The number of amides is 1. The first-order chi connectivity index (χ1) is 8.70. The molecule has 0 aliphatic heterocycles. The molecule has 0 atom stereocenters. The maximum absolute atomic E-state index is 12.0. The minimum absolute atomic E-state index is 0.281. The van der Waals surface area contributed by atoms with Crippen LogP contribution in [0, 0.1) is 12.3 Å². The van der Waals surface area contributed by atoms with E-state index < -0.39 is 0 Å². The zero-order chi connectivity index (χ0) is 13.0. The highest BCUT2D eigenvalue weighted by molar-refractivity contribution is 9.10. The predicted octanol–water partition coefficient (Wildman–Crippen LogP) is 3.08. The fourth-order valence-corrected chi connectivity index (χ4v) is 1.86. The molecule has 2 aromatic rings. The third kappa shape index (κ3) is 2.76. The second-order valence-electron chi connectivity index (χ2n) is 3.51. The van der Waals surface area contributed by atoms with Crippen LogP contribution in [0.1, 0.15) is 16.1 Å². The van der Waals surface area contributed by atoms with Crippen molar-refractivity contribution in [2.45, 2.75) is 0 Å². The van der Waals surface area contributed by atoms with Gasteiger partial charge in [0.25, 0.3) is 5.91 Å². The summed E-state index contributed by atoms with van der Waals surface area (Å²) >= 11 is 3.28. The molecule has 0 radical (unpaired) electrons. The van der Waals surface area contributed by atoms with E-state index in [1.165, 1.54) is 0 Å². The lowest BCUT2D eigenvalue weighted by atomic mass is 10.2. The Kier molecular flexibility index (Phi) is 3.75. The molecule has 4 heteroatoms. The van der Waals surface area contributed by atoms with Crippen molar-refractivity contribution in [2.75, 3.05) is 5.32 Å². The Bertz CT molecular complexity index is 632. The number of carbonyl (C=O) groups is 1. The van der Waals surface area contributed by atoms with Gasteiger partial charge in [-0.3, -0.25) is 4.79 Å². The first-order valence-electron chi connectivity index (χ1n) is 5.19. The van der Waals surface area contributed by atoms with Crippen LogP contribution in [-0.4, -0.2) is 10.9 Å². The fourth-order valence-electron chi connectivity index (χ4n) is 1.43. The molecule has 0 fully saturated rings. The van der Waals surface area contributed by atoms with Crippen LogP contribution >= 0.6 is 15.9 Å². The summed E-state index contributed by atoms with van der Waals surface area (Å²) in [5.74, 6) is 2.23. The summed E-state index contributed by atoms with van der Waals surface area (Å²) in [6, 6.07) is 10.6. The topological polar surface area (TPSA) is 42.0 Å². The number of nitrogens with one attached hydrogen (secondary N) is 1. The van der Waals surface area contributed by atoms with Gasteiger partial charge in [-0.25, -0.2) is 4.98 Å². The zero-order valence-corrected chi connectivity index (χ0v) is 10.9. The number of benzene rings is 1. The summed E-state index contributed by atoms with van der Waals surface area (Å²) in [7, 11) is 0. The van der Waals surface area contributed by atoms with Crippen LogP contribution < -0.4 is 5.32 Å². The number of terminal acetylenes is 1. The molecule has 1 N–H and O–H groups in total. The van der Waals surface area contributed by atoms with Crippen LogP contribution in [0.5, 0.6) is 0 Å². The van der Waals surface area contributed by atoms with Crippen LogP contribution in [0.4, 0.5) is 5.69 Å². The Balaban J connectivity index is 2.22. The maximum atomic E-state index is 12.0. The molecular weight excluding hydrogens is 292 g/mol. The molecule has 18 heavy (non-hydrogen) atoms. The van der Waals surface area contributed by atoms with Gasteiger partial charge in [0.1, 0.15) is 5.69 Å². The fraction of sp³-hybridized carbons (Fsp3) is 0. The van der Waals surface area contributed by atoms with E-state index in [2.05, 4.69) is 32.2 Å². The molecule has 0 aliphatic rings. The van der Waals surface area contributed by atoms with Crippen molar-refractivity contribution in [1.29, 1.82) is 0 Å². The van der Waals surface area contributed by atoms with Crippen LogP contribution in [-0.2, 0) is 0 Å². The number of hydrogen-bond acceptors (Lipinski definition) is 2. The van der Waals surface area contributed by atoms with Crippen molar-refractivity contribution < 1.29 is 4.79 Å². The minimum Gasteiger partial charge on any atom is -0.321 e. The number of rotatable bonds is 2. The number of aromatic nitrogens is 1. The summed E-state index contributed by atoms with van der Waals surface area (Å²) in [6.45, 7) is 0. The van der Waals surface area contributed by atoms with Gasteiger partial charge in [-0.05, 0) is 46.3 Å². The zero-order valence-electron chi connectivity index (χ0n) is 9.35. The highest BCUT2D eigenvalue weighted by Gasteiger charge is 2.11. The van der Waals surface area contributed by atoms with Gasteiger partial charge in [0, 0.05) is 21.9 Å². The highest BCUT2D eigenvalue weighted by Crippen LogP contribution is 2.16. The van der Waals surface area contributed by atoms with E-state index in [-0.39, 0.29) is 5.91 Å². The van der Waals surface area contributed by atoms with Crippen molar-refractivity contribution in [3.05, 3.63) is 58.3 Å². The molecule has 0 spiro atoms. The van der Waals surface area contributed by atoms with Gasteiger partial charge in [-0.2, -0.15) is 0 Å². The monoisotopic (exact) mass is 300 g/mol. The first kappa shape index (κ1) is 12.3. The normalized spacial score (nSPS) is 9.56. The van der Waals surface area contributed by atoms with E-state index in [4.69, 9.17) is 6.42 Å². The minimum atomic E-state index is -0.281. The van der Waals surface area contributed by atoms with Crippen LogP contribution in [0.3, 0.4) is 0 Å². The van der Waals surface area contributed by atoms with Gasteiger partial charge in [-0.1, -0.05) is 12.0 Å². The Hall–Kier alpha value is -2.12. The van der Waals surface area contributed by atoms with E-state index in [0.29, 0.717) is 21.4 Å². The Morgan fingerprint density at radius 2 is 2.17 bits per heavy atom. The van der Waals surface area contributed by atoms with Gasteiger partial charge in [-0.15, -0.1) is 6.42 Å². The summed E-state index contributed by atoms with van der Waals surface area (Å²) in [5.41, 5.74) is 1.70. The molecule has 0 saturated heterocycles. The molecule has 1 heterocycles. The molecule has 1 aromatic carbocycles. The molecule has 0 bridgehead atoms. The van der Waals surface area contributed by atoms with Crippen molar-refractivity contribution in [2.24, 2.45) is 0 Å². The first-order valence-corrected chi connectivity index (χ1v) is 5.98. The van der Waals surface area contributed by atoms with Gasteiger partial charge < -0.3 is 5.32 Å². The Morgan fingerprint density at radius 3 is 2.89 bits per heavy atom. The largest absolute Gasteiger partial charge is 0.321 e. The Labute approximate surface area is 113 Å². The summed E-state index contributed by atoms with van der Waals surface area (Å²) < 4.78 is 0.649. The number of anilines is 1. The van der Waals surface area contributed by atoms with Crippen molar-refractivity contribution >= 4 is 27.5 Å². The summed E-state index contributed by atoms with van der Waals surface area (Å²) in [5, 5.41) is 2.75. The number of carbonyl (C=O) groups excluding carboxylic acids is 1. The van der Waals surface area contributed by atoms with E-state index >= 15 is 0 Å². The smallest absolute Gasteiger partial charge is 0.275 e. The molecule has 1 amide bonds. The molecule has 3 nitrogen and oxygen atoms in total. The third-order valence-corrected chi connectivity index (χ3v) is 2.90. The lowest BCUT2D eigenvalue weighted by Gasteiger charge is -2.06. The molecule has 0 saturated carbocycles. The van der Waals surface area contributed by atoms with Gasteiger partial charge in [0.15, 0.2) is 0 Å². The van der Waals surface area contributed by atoms with Crippen molar-refractivity contribution in [3.8, 4) is 12.3 Å². The number of pyridine rings is 1. The van der Waals surface area contributed by atoms with Gasteiger partial charge in [0.05, 0.1) is 0 Å². The second kappa shape index (κ2) is 5.48. The molecular formula is C14H9BrN2O. The van der Waals surface area contributed by atoms with E-state index in [0.717, 1.165) is 0 Å². The van der Waals surface area contributed by atoms with Gasteiger partial charge >= 0.3 is 0 Å². The van der Waals surface area contributed by atoms with Crippen LogP contribution in [0.25, 0.3) is 0 Å². The molecule has 88 valence electrons. The van der Waals surface area contributed by atoms with Crippen molar-refractivity contribution in [1.82, 2.24) is 4.98 Å². The molecule has 2 rings (SSSR count). The predicted molar refractivity (Wildman–Crippen MR) is 74.3 cm³/mol. The van der Waals surface area contributed by atoms with Crippen molar-refractivity contribution in [3.63, 3.8) is 0 Å². The average Bonchev–Trinajstić information content (AvgIpc) is 2.39. The van der Waals surface area contributed by atoms with E-state index in [1.807, 2.05) is 0 Å². The maximum Gasteiger partial charge on any atom is 0.275 e. The average molecular weight is 301 g/mol. The summed E-state index contributed by atoms with van der Waals surface area (Å²) in [4.78, 5) is 16.0. The number of nitrogens with zero attached hydrogens (tertiary/aromatic N) is 1.